The van der Waals surface area contributed by atoms with Gasteiger partial charge >= 0.3 is 5.84 Å². The Balaban J connectivity index is 2.15. The van der Waals surface area contributed by atoms with Crippen LogP contribution >= 0.6 is 0 Å². The Bertz CT molecular complexity index is 583. The number of nitriles is 1. The van der Waals surface area contributed by atoms with Crippen molar-refractivity contribution in [1.82, 2.24) is 0 Å². The van der Waals surface area contributed by atoms with Gasteiger partial charge in [-0.25, -0.2) is 4.39 Å². The maximum Gasteiger partial charge on any atom is 0.307 e. The SMILES string of the molecule is N#CC(=NNc1cccc(F)c1)C(N)=[N+]1CCOCC1. The van der Waals surface area contributed by atoms with Crippen LogP contribution in [0.3, 0.4) is 0 Å². The predicted molar refractivity (Wildman–Crippen MR) is 73.1 cm³/mol. The Hall–Kier alpha value is -2.46. The van der Waals surface area contributed by atoms with E-state index in [1.165, 1.54) is 12.1 Å². The minimum absolute atomic E-state index is 0.0659. The van der Waals surface area contributed by atoms with Crippen molar-refractivity contribution in [2.75, 3.05) is 31.7 Å². The van der Waals surface area contributed by atoms with Crippen molar-refractivity contribution in [3.05, 3.63) is 30.1 Å². The molecule has 1 aliphatic heterocycles. The maximum absolute atomic E-state index is 13.0. The van der Waals surface area contributed by atoms with Crippen molar-refractivity contribution in [2.24, 2.45) is 10.8 Å². The minimum Gasteiger partial charge on any atom is -0.373 e. The van der Waals surface area contributed by atoms with Gasteiger partial charge in [-0.2, -0.15) is 10.4 Å². The van der Waals surface area contributed by atoms with Gasteiger partial charge in [0.25, 0.3) is 0 Å². The third kappa shape index (κ3) is 3.52. The third-order valence-electron chi connectivity index (χ3n) is 2.82. The van der Waals surface area contributed by atoms with Gasteiger partial charge in [-0.1, -0.05) is 6.07 Å². The zero-order chi connectivity index (χ0) is 14.4. The van der Waals surface area contributed by atoms with Crippen LogP contribution in [0.5, 0.6) is 0 Å². The van der Waals surface area contributed by atoms with Crippen LogP contribution in [0.4, 0.5) is 10.1 Å². The van der Waals surface area contributed by atoms with Crippen molar-refractivity contribution in [2.45, 2.75) is 0 Å². The zero-order valence-electron chi connectivity index (χ0n) is 10.8. The summed E-state index contributed by atoms with van der Waals surface area (Å²) in [7, 11) is 0. The second-order valence-electron chi connectivity index (χ2n) is 4.18. The van der Waals surface area contributed by atoms with Crippen LogP contribution in [0.15, 0.2) is 29.4 Å². The van der Waals surface area contributed by atoms with E-state index in [-0.39, 0.29) is 11.5 Å². The molecular formula is C13H15FN5O+. The fourth-order valence-electron chi connectivity index (χ4n) is 1.77. The number of rotatable bonds is 3. The van der Waals surface area contributed by atoms with Crippen LogP contribution in [0.2, 0.25) is 0 Å². The quantitative estimate of drug-likeness (QED) is 0.365. The zero-order valence-corrected chi connectivity index (χ0v) is 10.8. The molecule has 6 nitrogen and oxygen atoms in total. The molecule has 0 saturated carbocycles. The number of hydrogen-bond donors (Lipinski definition) is 2. The Morgan fingerprint density at radius 3 is 2.85 bits per heavy atom. The second kappa shape index (κ2) is 6.63. The molecule has 1 aromatic carbocycles. The molecule has 0 amide bonds. The summed E-state index contributed by atoms with van der Waals surface area (Å²) in [5.41, 5.74) is 9.06. The van der Waals surface area contributed by atoms with Gasteiger partial charge in [0.15, 0.2) is 0 Å². The lowest BCUT2D eigenvalue weighted by molar-refractivity contribution is -0.548. The van der Waals surface area contributed by atoms with Crippen molar-refractivity contribution in [3.8, 4) is 6.07 Å². The van der Waals surface area contributed by atoms with Crippen LogP contribution in [-0.4, -0.2) is 42.4 Å². The molecule has 0 bridgehead atoms. The minimum atomic E-state index is -0.381. The summed E-state index contributed by atoms with van der Waals surface area (Å²) in [6.07, 6.45) is 0. The molecule has 0 aromatic heterocycles. The van der Waals surface area contributed by atoms with Crippen LogP contribution in [0.1, 0.15) is 0 Å². The van der Waals surface area contributed by atoms with Gasteiger partial charge in [0, 0.05) is 0 Å². The van der Waals surface area contributed by atoms with Crippen molar-refractivity contribution in [1.29, 1.82) is 5.26 Å². The van der Waals surface area contributed by atoms with Gasteiger partial charge in [-0.15, -0.1) is 0 Å². The number of amidine groups is 1. The molecule has 7 heteroatoms. The van der Waals surface area contributed by atoms with Gasteiger partial charge in [0.05, 0.1) is 18.9 Å². The number of nitrogens with two attached hydrogens (primary N) is 1. The van der Waals surface area contributed by atoms with E-state index < -0.39 is 0 Å². The van der Waals surface area contributed by atoms with E-state index in [4.69, 9.17) is 15.7 Å². The first-order valence-corrected chi connectivity index (χ1v) is 6.15. The van der Waals surface area contributed by atoms with Crippen LogP contribution in [-0.2, 0) is 4.74 Å². The highest BCUT2D eigenvalue weighted by Crippen LogP contribution is 2.08. The Morgan fingerprint density at radius 2 is 2.20 bits per heavy atom. The largest absolute Gasteiger partial charge is 0.373 e. The molecule has 1 heterocycles. The fourth-order valence-corrected chi connectivity index (χ4v) is 1.77. The van der Waals surface area contributed by atoms with Gasteiger partial charge < -0.3 is 4.74 Å². The molecule has 0 radical (unpaired) electrons. The first kappa shape index (κ1) is 14.0. The molecule has 3 N–H and O–H groups in total. The number of hydrazone groups is 1. The van der Waals surface area contributed by atoms with Gasteiger partial charge in [0.2, 0.25) is 5.71 Å². The average molecular weight is 276 g/mol. The van der Waals surface area contributed by atoms with Gasteiger partial charge in [-0.05, 0) is 18.2 Å². The predicted octanol–water partition coefficient (Wildman–Crippen LogP) is 0.517. The van der Waals surface area contributed by atoms with E-state index in [0.29, 0.717) is 37.8 Å². The van der Waals surface area contributed by atoms with Gasteiger partial charge in [-0.3, -0.25) is 15.7 Å². The fraction of sp³-hybridized carbons (Fsp3) is 0.308. The van der Waals surface area contributed by atoms with Crippen molar-refractivity contribution in [3.63, 3.8) is 0 Å². The number of benzene rings is 1. The smallest absolute Gasteiger partial charge is 0.307 e. The molecule has 1 aliphatic rings. The monoisotopic (exact) mass is 276 g/mol. The lowest BCUT2D eigenvalue weighted by Crippen LogP contribution is -2.41. The molecule has 2 rings (SSSR count). The lowest BCUT2D eigenvalue weighted by Gasteiger charge is -2.14. The third-order valence-corrected chi connectivity index (χ3v) is 2.82. The number of nitrogens with one attached hydrogen (secondary N) is 1. The number of anilines is 1. The molecule has 1 saturated heterocycles. The summed E-state index contributed by atoms with van der Waals surface area (Å²) in [5.74, 6) is -0.0893. The summed E-state index contributed by atoms with van der Waals surface area (Å²) in [4.78, 5) is 0. The summed E-state index contributed by atoms with van der Waals surface area (Å²) >= 11 is 0. The van der Waals surface area contributed by atoms with Gasteiger partial charge in [0.1, 0.15) is 25.0 Å². The molecule has 104 valence electrons. The van der Waals surface area contributed by atoms with E-state index in [2.05, 4.69) is 10.5 Å². The van der Waals surface area contributed by atoms with E-state index in [9.17, 15) is 4.39 Å². The highest BCUT2D eigenvalue weighted by atomic mass is 19.1. The van der Waals surface area contributed by atoms with E-state index in [1.54, 1.807) is 12.1 Å². The van der Waals surface area contributed by atoms with Crippen LogP contribution in [0.25, 0.3) is 0 Å². The molecule has 1 aromatic rings. The van der Waals surface area contributed by atoms with E-state index >= 15 is 0 Å². The van der Waals surface area contributed by atoms with E-state index in [1.807, 2.05) is 10.6 Å². The van der Waals surface area contributed by atoms with Crippen LogP contribution in [0, 0.1) is 17.1 Å². The van der Waals surface area contributed by atoms with Crippen LogP contribution < -0.4 is 11.2 Å². The normalized spacial score (nSPS) is 15.6. The molecule has 0 aliphatic carbocycles. The highest BCUT2D eigenvalue weighted by molar-refractivity contribution is 6.45. The average Bonchev–Trinajstić information content (AvgIpc) is 2.48. The molecule has 0 atom stereocenters. The van der Waals surface area contributed by atoms with E-state index in [0.717, 1.165) is 0 Å². The lowest BCUT2D eigenvalue weighted by atomic mass is 10.3. The Morgan fingerprint density at radius 1 is 1.45 bits per heavy atom. The number of morpholine rings is 1. The second-order valence-corrected chi connectivity index (χ2v) is 4.18. The molecule has 0 unspecified atom stereocenters. The maximum atomic E-state index is 13.0. The molecule has 20 heavy (non-hydrogen) atoms. The number of hydrogen-bond acceptors (Lipinski definition) is 4. The number of halogens is 1. The Labute approximate surface area is 116 Å². The highest BCUT2D eigenvalue weighted by Gasteiger charge is 2.18. The summed E-state index contributed by atoms with van der Waals surface area (Å²) in [6.45, 7) is 2.37. The first-order valence-electron chi connectivity index (χ1n) is 6.15. The number of ether oxygens (including phenoxy) is 1. The van der Waals surface area contributed by atoms with Crippen molar-refractivity contribution >= 4 is 17.2 Å². The Kier molecular flexibility index (Phi) is 4.63. The molecule has 0 spiro atoms. The number of nitrogens with zero attached hydrogens (tertiary/aromatic N) is 3. The summed E-state index contributed by atoms with van der Waals surface area (Å²) in [6, 6.07) is 7.74. The first-order chi connectivity index (χ1) is 9.70. The standard InChI is InChI=1S/C13H14FN5O/c14-10-2-1-3-11(8-10)17-18-12(9-15)13(16)19-4-6-20-7-5-19/h1-3,8H,4-7H2,(H2,16,17)/p+1. The van der Waals surface area contributed by atoms with Crippen molar-refractivity contribution < 1.29 is 13.7 Å². The summed E-state index contributed by atoms with van der Waals surface area (Å²) in [5, 5.41) is 13.0. The molecular weight excluding hydrogens is 261 g/mol. The summed E-state index contributed by atoms with van der Waals surface area (Å²) < 4.78 is 20.1. The molecule has 1 fully saturated rings. The topological polar surface area (TPSA) is 86.4 Å².